The minimum Gasteiger partial charge on any atom is -0.304 e. The number of alkyl halides is 1. The highest BCUT2D eigenvalue weighted by atomic mass is 79.9. The molecule has 0 spiro atoms. The molecule has 42 heavy (non-hydrogen) atoms. The molecule has 0 bridgehead atoms. The second-order valence-corrected chi connectivity index (χ2v) is 13.3. The molecule has 222 valence electrons. The van der Waals surface area contributed by atoms with Crippen LogP contribution in [0.5, 0.6) is 0 Å². The van der Waals surface area contributed by atoms with Crippen LogP contribution in [-0.4, -0.2) is 71.5 Å². The van der Waals surface area contributed by atoms with Crippen molar-refractivity contribution in [2.75, 3.05) is 0 Å². The highest BCUT2D eigenvalue weighted by Gasteiger charge is 2.21. The van der Waals surface area contributed by atoms with Crippen molar-refractivity contribution in [1.82, 2.24) is 30.0 Å². The monoisotopic (exact) mass is 692 g/mol. The molecular weight excluding hydrogens is 664 g/mol. The van der Waals surface area contributed by atoms with Crippen molar-refractivity contribution >= 4 is 87.5 Å². The van der Waals surface area contributed by atoms with E-state index >= 15 is 0 Å². The Morgan fingerprint density at radius 2 is 1.55 bits per heavy atom. The molecule has 0 unspecified atom stereocenters. The Balaban J connectivity index is 0.000000135. The van der Waals surface area contributed by atoms with E-state index in [1.807, 2.05) is 10.7 Å². The third-order valence-electron chi connectivity index (χ3n) is 6.83. The molecule has 4 aromatic rings. The fourth-order valence-corrected chi connectivity index (χ4v) is 6.93. The topological polar surface area (TPSA) is 163 Å². The molecule has 11 nitrogen and oxygen atoms in total. The van der Waals surface area contributed by atoms with Gasteiger partial charge >= 0.3 is 0 Å². The molecular formula is C27H29BrN6O5S3. The van der Waals surface area contributed by atoms with Crippen LogP contribution in [0, 0.1) is 4.64 Å². The molecule has 15 heteroatoms. The minimum absolute atomic E-state index is 0.521. The Kier molecular flexibility index (Phi) is 11.7. The number of carbonyl (C=O) groups excluding carboxylic acids is 5. The predicted molar refractivity (Wildman–Crippen MR) is 166 cm³/mol. The van der Waals surface area contributed by atoms with Crippen molar-refractivity contribution < 1.29 is 24.0 Å². The number of aromatic amines is 3. The molecule has 0 fully saturated rings. The Morgan fingerprint density at radius 1 is 0.881 bits per heavy atom. The zero-order chi connectivity index (χ0) is 30.1. The molecule has 3 N–H and O–H groups in total. The standard InChI is InChI=1S/C9H10N2O2S.C9H8N2OS.C6H8N2S.C3H3BrO2/c12-4-6(5-13)14-9-7-2-1-3-8(7)10-11-9;12-5-6-4-11-9(13-6)7-2-1-3-8(7)10-11;9-6-4-2-1-3-5(4)7-8-6;4-3(1-5)2-6/h4-6H,1-3H2,(H,10,11);4-5H,1-3H2;1-3H2,(H2,7,8,9);1-3H. The van der Waals surface area contributed by atoms with E-state index in [-0.39, 0.29) is 0 Å². The molecule has 0 aliphatic heterocycles. The molecule has 0 saturated heterocycles. The molecule has 0 saturated carbocycles. The van der Waals surface area contributed by atoms with Gasteiger partial charge in [0.1, 0.15) is 49.7 Å². The lowest BCUT2D eigenvalue weighted by Crippen LogP contribution is -2.05. The van der Waals surface area contributed by atoms with E-state index in [0.29, 0.717) is 25.1 Å². The summed E-state index contributed by atoms with van der Waals surface area (Å²) in [5, 5.41) is 17.6. The lowest BCUT2D eigenvalue weighted by atomic mass is 10.3. The van der Waals surface area contributed by atoms with Crippen molar-refractivity contribution in [3.05, 3.63) is 49.5 Å². The number of H-pyrrole nitrogens is 3. The minimum atomic E-state index is -0.622. The fraction of sp³-hybridized carbons (Fsp3) is 0.407. The third kappa shape index (κ3) is 7.68. The second-order valence-electron chi connectivity index (χ2n) is 9.58. The van der Waals surface area contributed by atoms with Crippen molar-refractivity contribution in [3.8, 4) is 0 Å². The van der Waals surface area contributed by atoms with Crippen molar-refractivity contribution in [2.24, 2.45) is 0 Å². The molecule has 0 aromatic carbocycles. The zero-order valence-electron chi connectivity index (χ0n) is 22.5. The number of rotatable bonds is 7. The van der Waals surface area contributed by atoms with Gasteiger partial charge in [0.15, 0.2) is 6.29 Å². The van der Waals surface area contributed by atoms with Gasteiger partial charge in [0.2, 0.25) is 0 Å². The van der Waals surface area contributed by atoms with Crippen LogP contribution in [0.2, 0.25) is 0 Å². The summed E-state index contributed by atoms with van der Waals surface area (Å²) in [4.78, 5) is 51.7. The second kappa shape index (κ2) is 15.5. The van der Waals surface area contributed by atoms with Gasteiger partial charge in [0.05, 0.1) is 16.8 Å². The quantitative estimate of drug-likeness (QED) is 0.0848. The summed E-state index contributed by atoms with van der Waals surface area (Å²) in [5.41, 5.74) is 7.58. The third-order valence-corrected chi connectivity index (χ3v) is 9.73. The first kappa shape index (κ1) is 31.9. The lowest BCUT2D eigenvalue weighted by Gasteiger charge is -1.99. The Hall–Kier alpha value is -3.01. The number of thiazole rings is 1. The van der Waals surface area contributed by atoms with Crippen LogP contribution in [-0.2, 0) is 57.7 Å². The van der Waals surface area contributed by atoms with E-state index in [1.165, 1.54) is 59.1 Å². The highest BCUT2D eigenvalue weighted by molar-refractivity contribution is 9.10. The smallest absolute Gasteiger partial charge is 0.161 e. The SMILES string of the molecule is O=CC(Br)C=O.O=CC(C=O)Sc1n[nH]c2c1CCC2.O=Cc1cn2nc3c(c2s1)CCC3.S=c1[nH][nH]c2c1CCC2. The van der Waals surface area contributed by atoms with Crippen molar-refractivity contribution in [2.45, 2.75) is 72.9 Å². The number of halogens is 1. The van der Waals surface area contributed by atoms with Crippen LogP contribution >= 0.6 is 51.2 Å². The van der Waals surface area contributed by atoms with Gasteiger partial charge in [0, 0.05) is 28.1 Å². The van der Waals surface area contributed by atoms with Gasteiger partial charge in [0.25, 0.3) is 0 Å². The number of hydrogen-bond acceptors (Lipinski definition) is 10. The number of thioether (sulfide) groups is 1. The number of aryl methyl sites for hydroxylation is 4. The van der Waals surface area contributed by atoms with Crippen LogP contribution in [0.1, 0.15) is 62.7 Å². The van der Waals surface area contributed by atoms with Crippen LogP contribution in [0.25, 0.3) is 4.83 Å². The van der Waals surface area contributed by atoms with Crippen molar-refractivity contribution in [3.63, 3.8) is 0 Å². The first-order valence-corrected chi connectivity index (χ1v) is 16.4. The molecule has 3 aliphatic carbocycles. The van der Waals surface area contributed by atoms with E-state index in [2.05, 4.69) is 41.4 Å². The molecule has 3 aliphatic rings. The van der Waals surface area contributed by atoms with Gasteiger partial charge in [-0.05, 0) is 57.8 Å². The van der Waals surface area contributed by atoms with Crippen LogP contribution in [0.3, 0.4) is 0 Å². The Bertz CT molecular complexity index is 1600. The molecule has 0 amide bonds. The Labute approximate surface area is 262 Å². The number of aldehydes is 5. The predicted octanol–water partition coefficient (Wildman–Crippen LogP) is 4.16. The zero-order valence-corrected chi connectivity index (χ0v) is 26.5. The van der Waals surface area contributed by atoms with Crippen LogP contribution < -0.4 is 0 Å². The van der Waals surface area contributed by atoms with E-state index in [0.717, 1.165) is 69.9 Å². The van der Waals surface area contributed by atoms with E-state index in [4.69, 9.17) is 12.2 Å². The normalized spacial score (nSPS) is 14.1. The van der Waals surface area contributed by atoms with Gasteiger partial charge < -0.3 is 24.3 Å². The van der Waals surface area contributed by atoms with Crippen LogP contribution in [0.4, 0.5) is 0 Å². The summed E-state index contributed by atoms with van der Waals surface area (Å²) in [6, 6.07) is 0. The summed E-state index contributed by atoms with van der Waals surface area (Å²) < 4.78 is 2.75. The van der Waals surface area contributed by atoms with Crippen molar-refractivity contribution in [1.29, 1.82) is 0 Å². The average molecular weight is 694 g/mol. The first-order valence-electron chi connectivity index (χ1n) is 13.3. The molecule has 4 heterocycles. The number of hydrogen-bond donors (Lipinski definition) is 3. The molecule has 7 rings (SSSR count). The van der Waals surface area contributed by atoms with Gasteiger partial charge in [-0.15, -0.1) is 11.3 Å². The van der Waals surface area contributed by atoms with E-state index < -0.39 is 10.1 Å². The summed E-state index contributed by atoms with van der Waals surface area (Å²) >= 11 is 10.5. The van der Waals surface area contributed by atoms with Gasteiger partial charge in [-0.3, -0.25) is 15.0 Å². The number of aromatic nitrogens is 6. The number of nitrogens with zero attached hydrogens (tertiary/aromatic N) is 3. The lowest BCUT2D eigenvalue weighted by molar-refractivity contribution is -0.115. The number of carbonyl (C=O) groups is 5. The summed E-state index contributed by atoms with van der Waals surface area (Å²) in [6.45, 7) is 0. The Morgan fingerprint density at radius 3 is 2.19 bits per heavy atom. The van der Waals surface area contributed by atoms with Crippen LogP contribution in [0.15, 0.2) is 11.2 Å². The number of fused-ring (bicyclic) bond motifs is 5. The molecule has 0 radical (unpaired) electrons. The fourth-order valence-electron chi connectivity index (χ4n) is 4.87. The van der Waals surface area contributed by atoms with Gasteiger partial charge in [-0.25, -0.2) is 4.52 Å². The maximum absolute atomic E-state index is 10.5. The van der Waals surface area contributed by atoms with Gasteiger partial charge in [-0.1, -0.05) is 39.9 Å². The molecule has 0 atom stereocenters. The first-order chi connectivity index (χ1) is 20.4. The summed E-state index contributed by atoms with van der Waals surface area (Å²) in [7, 11) is 0. The number of nitrogens with one attached hydrogen (secondary N) is 3. The molecule has 4 aromatic heterocycles. The largest absolute Gasteiger partial charge is 0.304 e. The summed E-state index contributed by atoms with van der Waals surface area (Å²) in [5.74, 6) is 0. The van der Waals surface area contributed by atoms with E-state index in [9.17, 15) is 24.0 Å². The summed E-state index contributed by atoms with van der Waals surface area (Å²) in [6.07, 6.45) is 15.2. The van der Waals surface area contributed by atoms with Gasteiger partial charge in [-0.2, -0.15) is 10.2 Å². The average Bonchev–Trinajstić information content (AvgIpc) is 3.84. The highest BCUT2D eigenvalue weighted by Crippen LogP contribution is 2.31. The maximum atomic E-state index is 10.5. The van der Waals surface area contributed by atoms with E-state index in [1.54, 1.807) is 11.3 Å². The maximum Gasteiger partial charge on any atom is 0.161 e.